The maximum atomic E-state index is 12.8. The molecule has 2 N–H and O–H groups in total. The molecular formula is C27H30N2O6. The number of rotatable bonds is 6. The SMILES string of the molecule is C[C@@H]1CN(C(=O)C2COC(CNC(=O)OCC3c4ccccc4-c4ccccc43)C2)C[C@H]1C(=O)O. The number of carboxylic acid groups (broad SMARTS) is 1. The Morgan fingerprint density at radius 1 is 1.06 bits per heavy atom. The molecule has 2 unspecified atom stereocenters. The number of carboxylic acids is 1. The number of nitrogens with one attached hydrogen (secondary N) is 1. The fourth-order valence-corrected chi connectivity index (χ4v) is 5.59. The predicted molar refractivity (Wildman–Crippen MR) is 128 cm³/mol. The van der Waals surface area contributed by atoms with Crippen molar-refractivity contribution in [1.29, 1.82) is 0 Å². The molecule has 2 fully saturated rings. The van der Waals surface area contributed by atoms with E-state index in [4.69, 9.17) is 9.47 Å². The number of carbonyl (C=O) groups excluding carboxylic acids is 2. The van der Waals surface area contributed by atoms with Gasteiger partial charge in [-0.3, -0.25) is 9.59 Å². The molecule has 5 rings (SSSR count). The summed E-state index contributed by atoms with van der Waals surface area (Å²) < 4.78 is 11.3. The number of nitrogens with zero attached hydrogens (tertiary/aromatic N) is 1. The van der Waals surface area contributed by atoms with Gasteiger partial charge in [0.1, 0.15) is 6.61 Å². The Kier molecular flexibility index (Phi) is 6.47. The molecular weight excluding hydrogens is 448 g/mol. The first-order chi connectivity index (χ1) is 16.9. The van der Waals surface area contributed by atoms with E-state index in [9.17, 15) is 19.5 Å². The van der Waals surface area contributed by atoms with Crippen LogP contribution in [0.1, 0.15) is 30.4 Å². The van der Waals surface area contributed by atoms with Gasteiger partial charge in [0.2, 0.25) is 5.91 Å². The summed E-state index contributed by atoms with van der Waals surface area (Å²) in [6.07, 6.45) is -0.298. The summed E-state index contributed by atoms with van der Waals surface area (Å²) in [6, 6.07) is 16.4. The van der Waals surface area contributed by atoms with Crippen LogP contribution in [0.15, 0.2) is 48.5 Å². The van der Waals surface area contributed by atoms with E-state index < -0.39 is 18.0 Å². The maximum Gasteiger partial charge on any atom is 0.407 e. The van der Waals surface area contributed by atoms with E-state index in [1.807, 2.05) is 31.2 Å². The molecule has 0 saturated carbocycles. The Morgan fingerprint density at radius 2 is 1.71 bits per heavy atom. The van der Waals surface area contributed by atoms with Gasteiger partial charge in [-0.1, -0.05) is 55.5 Å². The topological polar surface area (TPSA) is 105 Å². The van der Waals surface area contributed by atoms with Crippen molar-refractivity contribution in [3.05, 3.63) is 59.7 Å². The van der Waals surface area contributed by atoms with Crippen molar-refractivity contribution in [3.63, 3.8) is 0 Å². The summed E-state index contributed by atoms with van der Waals surface area (Å²) >= 11 is 0. The average molecular weight is 479 g/mol. The number of carbonyl (C=O) groups is 3. The third-order valence-electron chi connectivity index (χ3n) is 7.49. The number of aliphatic carboxylic acids is 1. The highest BCUT2D eigenvalue weighted by molar-refractivity contribution is 5.81. The van der Waals surface area contributed by atoms with Crippen LogP contribution in [0.4, 0.5) is 4.79 Å². The molecule has 2 heterocycles. The number of hydrogen-bond acceptors (Lipinski definition) is 5. The molecule has 8 heteroatoms. The largest absolute Gasteiger partial charge is 0.481 e. The quantitative estimate of drug-likeness (QED) is 0.661. The molecule has 184 valence electrons. The van der Waals surface area contributed by atoms with E-state index in [2.05, 4.69) is 29.6 Å². The standard InChI is InChI=1S/C27H30N2O6/c1-16-12-29(13-23(16)26(31)32)25(30)17-10-18(34-14-17)11-28-27(33)35-15-24-21-8-4-2-6-19(21)20-7-3-5-9-22(20)24/h2-9,16-18,23-24H,10-15H2,1H3,(H,28,33)(H,31,32)/t16-,17?,18?,23-/m1/s1. The van der Waals surface area contributed by atoms with Crippen molar-refractivity contribution in [3.8, 4) is 11.1 Å². The normalized spacial score (nSPS) is 25.2. The Bertz CT molecular complexity index is 1090. The molecule has 8 nitrogen and oxygen atoms in total. The highest BCUT2D eigenvalue weighted by atomic mass is 16.5. The number of hydrogen-bond donors (Lipinski definition) is 2. The fraction of sp³-hybridized carbons (Fsp3) is 0.444. The third kappa shape index (κ3) is 4.62. The van der Waals surface area contributed by atoms with E-state index in [0.717, 1.165) is 11.1 Å². The van der Waals surface area contributed by atoms with E-state index >= 15 is 0 Å². The summed E-state index contributed by atoms with van der Waals surface area (Å²) in [5.41, 5.74) is 4.66. The molecule has 0 radical (unpaired) electrons. The van der Waals surface area contributed by atoms with Crippen molar-refractivity contribution in [2.45, 2.75) is 25.4 Å². The fourth-order valence-electron chi connectivity index (χ4n) is 5.59. The minimum absolute atomic E-state index is 0.00429. The average Bonchev–Trinajstić information content (AvgIpc) is 3.57. The molecule has 0 spiro atoms. The van der Waals surface area contributed by atoms with Crippen LogP contribution in [0.25, 0.3) is 11.1 Å². The minimum atomic E-state index is -0.861. The molecule has 4 atom stereocenters. The van der Waals surface area contributed by atoms with E-state index in [-0.39, 0.29) is 56.1 Å². The Labute approximate surface area is 204 Å². The van der Waals surface area contributed by atoms with Gasteiger partial charge in [-0.05, 0) is 34.6 Å². The molecule has 2 aliphatic heterocycles. The number of alkyl carbamates (subject to hydrolysis) is 1. The molecule has 2 aromatic rings. The van der Waals surface area contributed by atoms with Crippen LogP contribution in [0.2, 0.25) is 0 Å². The van der Waals surface area contributed by atoms with Crippen molar-refractivity contribution in [2.24, 2.45) is 17.8 Å². The highest BCUT2D eigenvalue weighted by Crippen LogP contribution is 2.44. The smallest absolute Gasteiger partial charge is 0.407 e. The van der Waals surface area contributed by atoms with Gasteiger partial charge in [0, 0.05) is 25.6 Å². The molecule has 0 aromatic heterocycles. The molecule has 35 heavy (non-hydrogen) atoms. The second-order valence-electron chi connectivity index (χ2n) is 9.76. The zero-order chi connectivity index (χ0) is 24.5. The van der Waals surface area contributed by atoms with Gasteiger partial charge in [0.25, 0.3) is 0 Å². The Morgan fingerprint density at radius 3 is 2.34 bits per heavy atom. The Balaban J connectivity index is 1.09. The first kappa shape index (κ1) is 23.4. The number of fused-ring (bicyclic) bond motifs is 3. The van der Waals surface area contributed by atoms with Crippen molar-refractivity contribution in [2.75, 3.05) is 32.8 Å². The maximum absolute atomic E-state index is 12.8. The molecule has 0 bridgehead atoms. The lowest BCUT2D eigenvalue weighted by atomic mass is 9.98. The minimum Gasteiger partial charge on any atom is -0.481 e. The Hall–Kier alpha value is -3.39. The lowest BCUT2D eigenvalue weighted by Gasteiger charge is -2.19. The van der Waals surface area contributed by atoms with E-state index in [0.29, 0.717) is 13.0 Å². The van der Waals surface area contributed by atoms with Gasteiger partial charge in [0.05, 0.1) is 24.5 Å². The van der Waals surface area contributed by atoms with Gasteiger partial charge < -0.3 is 24.8 Å². The summed E-state index contributed by atoms with van der Waals surface area (Å²) in [5, 5.41) is 12.1. The molecule has 1 aliphatic carbocycles. The van der Waals surface area contributed by atoms with Gasteiger partial charge in [-0.2, -0.15) is 0 Å². The van der Waals surface area contributed by atoms with Gasteiger partial charge in [-0.15, -0.1) is 0 Å². The summed E-state index contributed by atoms with van der Waals surface area (Å²) in [4.78, 5) is 38.2. The van der Waals surface area contributed by atoms with Crippen LogP contribution in [0, 0.1) is 17.8 Å². The second kappa shape index (κ2) is 9.70. The number of ether oxygens (including phenoxy) is 2. The predicted octanol–water partition coefficient (Wildman–Crippen LogP) is 3.11. The molecule has 2 amide bonds. The summed E-state index contributed by atoms with van der Waals surface area (Å²) in [6.45, 7) is 3.33. The summed E-state index contributed by atoms with van der Waals surface area (Å²) in [7, 11) is 0. The number of likely N-dealkylation sites (tertiary alicyclic amines) is 1. The first-order valence-electron chi connectivity index (χ1n) is 12.1. The molecule has 2 aromatic carbocycles. The number of amides is 2. The first-order valence-corrected chi connectivity index (χ1v) is 12.1. The zero-order valence-corrected chi connectivity index (χ0v) is 19.7. The van der Waals surface area contributed by atoms with Gasteiger partial charge in [0.15, 0.2) is 0 Å². The highest BCUT2D eigenvalue weighted by Gasteiger charge is 2.41. The van der Waals surface area contributed by atoms with Crippen molar-refractivity contribution in [1.82, 2.24) is 10.2 Å². The van der Waals surface area contributed by atoms with Crippen molar-refractivity contribution >= 4 is 18.0 Å². The van der Waals surface area contributed by atoms with Crippen molar-refractivity contribution < 1.29 is 29.0 Å². The van der Waals surface area contributed by atoms with Gasteiger partial charge >= 0.3 is 12.1 Å². The van der Waals surface area contributed by atoms with Crippen LogP contribution < -0.4 is 5.32 Å². The molecule has 3 aliphatic rings. The van der Waals surface area contributed by atoms with Gasteiger partial charge in [-0.25, -0.2) is 4.79 Å². The summed E-state index contributed by atoms with van der Waals surface area (Å²) in [5.74, 6) is -1.83. The van der Waals surface area contributed by atoms with Crippen LogP contribution in [0.5, 0.6) is 0 Å². The molecule has 2 saturated heterocycles. The van der Waals surface area contributed by atoms with Crippen LogP contribution in [0.3, 0.4) is 0 Å². The number of benzene rings is 2. The van der Waals surface area contributed by atoms with E-state index in [1.54, 1.807) is 4.90 Å². The zero-order valence-electron chi connectivity index (χ0n) is 19.7. The lowest BCUT2D eigenvalue weighted by molar-refractivity contribution is -0.142. The lowest BCUT2D eigenvalue weighted by Crippen LogP contribution is -2.36. The van der Waals surface area contributed by atoms with E-state index in [1.165, 1.54) is 11.1 Å². The third-order valence-corrected chi connectivity index (χ3v) is 7.49. The second-order valence-corrected chi connectivity index (χ2v) is 9.76. The monoisotopic (exact) mass is 478 g/mol. The van der Waals surface area contributed by atoms with Crippen LogP contribution in [-0.2, 0) is 19.1 Å². The van der Waals surface area contributed by atoms with Crippen LogP contribution in [-0.4, -0.2) is 66.9 Å². The van der Waals surface area contributed by atoms with Crippen LogP contribution >= 0.6 is 0 Å².